The van der Waals surface area contributed by atoms with Crippen LogP contribution >= 0.6 is 0 Å². The molecule has 0 spiro atoms. The Morgan fingerprint density at radius 2 is 1.94 bits per heavy atom. The van der Waals surface area contributed by atoms with Crippen molar-refractivity contribution in [2.24, 2.45) is 0 Å². The molecule has 0 saturated heterocycles. The van der Waals surface area contributed by atoms with E-state index in [1.807, 2.05) is 18.2 Å². The Balaban J connectivity index is 2.78. The third-order valence-electron chi connectivity index (χ3n) is 3.10. The molecule has 1 aromatic carbocycles. The van der Waals surface area contributed by atoms with E-state index in [4.69, 9.17) is 0 Å². The van der Waals surface area contributed by atoms with E-state index in [1.54, 1.807) is 6.07 Å². The molecular weight excluding hydrogens is 232 g/mol. The highest BCUT2D eigenvalue weighted by atomic mass is 32.2. The molecule has 0 bridgehead atoms. The van der Waals surface area contributed by atoms with Gasteiger partial charge >= 0.3 is 0 Å². The van der Waals surface area contributed by atoms with E-state index in [1.165, 1.54) is 25.5 Å². The third kappa shape index (κ3) is 4.50. The lowest BCUT2D eigenvalue weighted by Crippen LogP contribution is -2.00. The van der Waals surface area contributed by atoms with E-state index in [-0.39, 0.29) is 0 Å². The molecule has 17 heavy (non-hydrogen) atoms. The standard InChI is InChI=1S/C14H22O2S/c1-4-5-6-8-12(2)13-9-7-10-14(11-13)17(3,15)16/h7,9-12H,4-6,8H2,1-3H3. The molecule has 0 fully saturated rings. The van der Waals surface area contributed by atoms with Crippen LogP contribution in [0.15, 0.2) is 29.2 Å². The van der Waals surface area contributed by atoms with E-state index < -0.39 is 9.84 Å². The highest BCUT2D eigenvalue weighted by Gasteiger charge is 2.10. The van der Waals surface area contributed by atoms with E-state index in [2.05, 4.69) is 13.8 Å². The summed E-state index contributed by atoms with van der Waals surface area (Å²) in [6.07, 6.45) is 6.06. The quantitative estimate of drug-likeness (QED) is 0.724. The van der Waals surface area contributed by atoms with E-state index in [0.29, 0.717) is 10.8 Å². The van der Waals surface area contributed by atoms with Crippen LogP contribution in [0.1, 0.15) is 51.0 Å². The first-order valence-corrected chi connectivity index (χ1v) is 8.14. The maximum Gasteiger partial charge on any atom is 0.175 e. The van der Waals surface area contributed by atoms with Crippen LogP contribution in [0.25, 0.3) is 0 Å². The topological polar surface area (TPSA) is 34.1 Å². The van der Waals surface area contributed by atoms with Crippen molar-refractivity contribution in [3.05, 3.63) is 29.8 Å². The predicted molar refractivity (Wildman–Crippen MR) is 72.1 cm³/mol. The number of sulfone groups is 1. The third-order valence-corrected chi connectivity index (χ3v) is 4.21. The molecular formula is C14H22O2S. The van der Waals surface area contributed by atoms with Gasteiger partial charge < -0.3 is 0 Å². The molecule has 0 saturated carbocycles. The van der Waals surface area contributed by atoms with Crippen LogP contribution in [0, 0.1) is 0 Å². The minimum Gasteiger partial charge on any atom is -0.224 e. The largest absolute Gasteiger partial charge is 0.224 e. The van der Waals surface area contributed by atoms with E-state index in [0.717, 1.165) is 12.0 Å². The first-order chi connectivity index (χ1) is 7.95. The highest BCUT2D eigenvalue weighted by molar-refractivity contribution is 7.90. The molecule has 0 amide bonds. The molecule has 0 N–H and O–H groups in total. The Kier molecular flexibility index (Phi) is 5.19. The van der Waals surface area contributed by atoms with Gasteiger partial charge in [-0.3, -0.25) is 0 Å². The molecule has 0 heterocycles. The van der Waals surface area contributed by atoms with Gasteiger partial charge in [-0.05, 0) is 30.0 Å². The van der Waals surface area contributed by atoms with Crippen LogP contribution < -0.4 is 0 Å². The maximum atomic E-state index is 11.5. The second-order valence-corrected chi connectivity index (χ2v) is 6.76. The van der Waals surface area contributed by atoms with Gasteiger partial charge in [0.1, 0.15) is 0 Å². The zero-order valence-corrected chi connectivity index (χ0v) is 11.8. The summed E-state index contributed by atoms with van der Waals surface area (Å²) in [6, 6.07) is 7.33. The fourth-order valence-corrected chi connectivity index (χ4v) is 2.59. The van der Waals surface area contributed by atoms with E-state index in [9.17, 15) is 8.42 Å². The van der Waals surface area contributed by atoms with Gasteiger partial charge in [0.25, 0.3) is 0 Å². The van der Waals surface area contributed by atoms with Gasteiger partial charge in [-0.15, -0.1) is 0 Å². The highest BCUT2D eigenvalue weighted by Crippen LogP contribution is 2.24. The Morgan fingerprint density at radius 1 is 1.24 bits per heavy atom. The van der Waals surface area contributed by atoms with Crippen molar-refractivity contribution in [3.63, 3.8) is 0 Å². The fraction of sp³-hybridized carbons (Fsp3) is 0.571. The summed E-state index contributed by atoms with van der Waals surface area (Å²) in [6.45, 7) is 4.35. The molecule has 0 aromatic heterocycles. The molecule has 3 heteroatoms. The first-order valence-electron chi connectivity index (χ1n) is 6.25. The van der Waals surface area contributed by atoms with Crippen LogP contribution in [0.2, 0.25) is 0 Å². The van der Waals surface area contributed by atoms with Gasteiger partial charge in [-0.1, -0.05) is 45.2 Å². The summed E-state index contributed by atoms with van der Waals surface area (Å²) in [7, 11) is -3.08. The van der Waals surface area contributed by atoms with Crippen LogP contribution in [-0.4, -0.2) is 14.7 Å². The summed E-state index contributed by atoms with van der Waals surface area (Å²) < 4.78 is 22.9. The summed E-state index contributed by atoms with van der Waals surface area (Å²) in [5.41, 5.74) is 1.13. The maximum absolute atomic E-state index is 11.5. The van der Waals surface area contributed by atoms with Crippen molar-refractivity contribution in [2.45, 2.75) is 50.3 Å². The van der Waals surface area contributed by atoms with Crippen molar-refractivity contribution >= 4 is 9.84 Å². The molecule has 0 aliphatic rings. The molecule has 0 aliphatic heterocycles. The lowest BCUT2D eigenvalue weighted by Gasteiger charge is -2.12. The van der Waals surface area contributed by atoms with Crippen LogP contribution in [-0.2, 0) is 9.84 Å². The summed E-state index contributed by atoms with van der Waals surface area (Å²) in [4.78, 5) is 0.428. The van der Waals surface area contributed by atoms with Crippen molar-refractivity contribution < 1.29 is 8.42 Å². The average molecular weight is 254 g/mol. The van der Waals surface area contributed by atoms with Crippen molar-refractivity contribution in [2.75, 3.05) is 6.26 Å². The van der Waals surface area contributed by atoms with Gasteiger partial charge in [0.2, 0.25) is 0 Å². The van der Waals surface area contributed by atoms with Gasteiger partial charge in [0.15, 0.2) is 9.84 Å². The number of hydrogen-bond acceptors (Lipinski definition) is 2. The molecule has 1 aromatic rings. The normalized spacial score (nSPS) is 13.6. The SMILES string of the molecule is CCCCCC(C)c1cccc(S(C)(=O)=O)c1. The van der Waals surface area contributed by atoms with Crippen molar-refractivity contribution in [3.8, 4) is 0 Å². The number of rotatable bonds is 6. The number of unbranched alkanes of at least 4 members (excludes halogenated alkanes) is 2. The number of hydrogen-bond donors (Lipinski definition) is 0. The van der Waals surface area contributed by atoms with Crippen molar-refractivity contribution in [1.82, 2.24) is 0 Å². The second kappa shape index (κ2) is 6.20. The van der Waals surface area contributed by atoms with Crippen LogP contribution in [0.4, 0.5) is 0 Å². The van der Waals surface area contributed by atoms with Crippen molar-refractivity contribution in [1.29, 1.82) is 0 Å². The average Bonchev–Trinajstić information content (AvgIpc) is 2.28. The zero-order chi connectivity index (χ0) is 12.9. The van der Waals surface area contributed by atoms with Gasteiger partial charge in [-0.2, -0.15) is 0 Å². The Hall–Kier alpha value is -0.830. The monoisotopic (exact) mass is 254 g/mol. The predicted octanol–water partition coefficient (Wildman–Crippen LogP) is 3.77. The first kappa shape index (κ1) is 14.2. The molecule has 0 radical (unpaired) electrons. The molecule has 0 aliphatic carbocycles. The lowest BCUT2D eigenvalue weighted by molar-refractivity contribution is 0.593. The second-order valence-electron chi connectivity index (χ2n) is 4.74. The molecule has 2 nitrogen and oxygen atoms in total. The summed E-state index contributed by atoms with van der Waals surface area (Å²) in [5, 5.41) is 0. The fourth-order valence-electron chi connectivity index (χ4n) is 1.92. The summed E-state index contributed by atoms with van der Waals surface area (Å²) >= 11 is 0. The Morgan fingerprint density at radius 3 is 2.53 bits per heavy atom. The zero-order valence-electron chi connectivity index (χ0n) is 10.9. The molecule has 96 valence electrons. The van der Waals surface area contributed by atoms with Gasteiger partial charge in [0, 0.05) is 6.26 Å². The molecule has 1 unspecified atom stereocenters. The van der Waals surface area contributed by atoms with Gasteiger partial charge in [-0.25, -0.2) is 8.42 Å². The van der Waals surface area contributed by atoms with E-state index >= 15 is 0 Å². The lowest BCUT2D eigenvalue weighted by atomic mass is 9.95. The summed E-state index contributed by atoms with van der Waals surface area (Å²) in [5.74, 6) is 0.434. The smallest absolute Gasteiger partial charge is 0.175 e. The minimum atomic E-state index is -3.08. The van der Waals surface area contributed by atoms with Crippen LogP contribution in [0.5, 0.6) is 0 Å². The minimum absolute atomic E-state index is 0.428. The Labute approximate surface area is 105 Å². The Bertz CT molecular complexity index is 449. The molecule has 1 atom stereocenters. The molecule has 1 rings (SSSR count). The van der Waals surface area contributed by atoms with Crippen LogP contribution in [0.3, 0.4) is 0 Å². The van der Waals surface area contributed by atoms with Gasteiger partial charge in [0.05, 0.1) is 4.90 Å². The number of benzene rings is 1.